The lowest BCUT2D eigenvalue weighted by atomic mass is 9.80. The first kappa shape index (κ1) is 14.7. The lowest BCUT2D eigenvalue weighted by Crippen LogP contribution is -2.45. The summed E-state index contributed by atoms with van der Waals surface area (Å²) in [6.07, 6.45) is -4.85. The lowest BCUT2D eigenvalue weighted by Gasteiger charge is -2.38. The fourth-order valence-corrected chi connectivity index (χ4v) is 1.96. The number of hydrogen-bond acceptors (Lipinski definition) is 3. The quantitative estimate of drug-likeness (QED) is 0.792. The molecule has 1 fully saturated rings. The van der Waals surface area contributed by atoms with Gasteiger partial charge in [-0.05, 0) is 38.4 Å². The van der Waals surface area contributed by atoms with Gasteiger partial charge in [-0.3, -0.25) is 0 Å². The van der Waals surface area contributed by atoms with E-state index in [4.69, 9.17) is 5.11 Å². The highest BCUT2D eigenvalue weighted by molar-refractivity contribution is 4.83. The van der Waals surface area contributed by atoms with Gasteiger partial charge in [-0.15, -0.1) is 0 Å². The number of aliphatic hydroxyl groups is 1. The molecule has 0 aliphatic carbocycles. The van der Waals surface area contributed by atoms with Crippen molar-refractivity contribution >= 4 is 0 Å². The smallest absolute Gasteiger partial charge is 0.382 e. The van der Waals surface area contributed by atoms with E-state index >= 15 is 0 Å². The van der Waals surface area contributed by atoms with E-state index in [1.54, 1.807) is 0 Å². The highest BCUT2D eigenvalue weighted by Gasteiger charge is 2.38. The number of alkyl halides is 3. The average molecular weight is 254 g/mol. The van der Waals surface area contributed by atoms with Gasteiger partial charge in [-0.25, -0.2) is 0 Å². The summed E-state index contributed by atoms with van der Waals surface area (Å²) in [5.74, 6) is 0. The van der Waals surface area contributed by atoms with Crippen molar-refractivity contribution in [3.05, 3.63) is 0 Å². The van der Waals surface area contributed by atoms with Gasteiger partial charge in [-0.1, -0.05) is 6.92 Å². The van der Waals surface area contributed by atoms with Crippen molar-refractivity contribution in [2.24, 2.45) is 5.41 Å². The van der Waals surface area contributed by atoms with Gasteiger partial charge in [-0.2, -0.15) is 13.2 Å². The molecule has 3 nitrogen and oxygen atoms in total. The first-order valence-electron chi connectivity index (χ1n) is 5.87. The molecule has 1 unspecified atom stereocenters. The van der Waals surface area contributed by atoms with Crippen LogP contribution in [0.2, 0.25) is 0 Å². The Morgan fingerprint density at radius 3 is 2.35 bits per heavy atom. The summed E-state index contributed by atoms with van der Waals surface area (Å²) in [6, 6.07) is 0. The van der Waals surface area contributed by atoms with Crippen molar-refractivity contribution in [2.75, 3.05) is 33.2 Å². The minimum absolute atomic E-state index is 0.0395. The Hall–Kier alpha value is -0.330. The van der Waals surface area contributed by atoms with Crippen LogP contribution in [0, 0.1) is 5.41 Å². The molecule has 0 bridgehead atoms. The summed E-state index contributed by atoms with van der Waals surface area (Å²) in [6.45, 7) is 4.12. The fourth-order valence-electron chi connectivity index (χ4n) is 1.96. The van der Waals surface area contributed by atoms with Gasteiger partial charge in [0.25, 0.3) is 0 Å². The summed E-state index contributed by atoms with van der Waals surface area (Å²) >= 11 is 0. The number of likely N-dealkylation sites (tertiary alicyclic amines) is 1. The second-order valence-corrected chi connectivity index (χ2v) is 5.30. The van der Waals surface area contributed by atoms with Crippen molar-refractivity contribution in [3.8, 4) is 0 Å². The third kappa shape index (κ3) is 4.81. The van der Waals surface area contributed by atoms with E-state index in [1.807, 2.05) is 7.05 Å². The molecule has 1 heterocycles. The molecule has 0 radical (unpaired) electrons. The Labute approximate surface area is 100.0 Å². The Morgan fingerprint density at radius 1 is 1.35 bits per heavy atom. The number of piperidine rings is 1. The van der Waals surface area contributed by atoms with Gasteiger partial charge in [0.15, 0.2) is 6.10 Å². The van der Waals surface area contributed by atoms with Crippen LogP contribution in [0.3, 0.4) is 0 Å². The molecule has 1 aliphatic heterocycles. The normalized spacial score (nSPS) is 23.6. The van der Waals surface area contributed by atoms with Crippen LogP contribution < -0.4 is 5.32 Å². The summed E-state index contributed by atoms with van der Waals surface area (Å²) in [5.41, 5.74) is 0.0395. The molecule has 1 atom stereocenters. The predicted molar refractivity (Wildman–Crippen MR) is 59.8 cm³/mol. The maximum absolute atomic E-state index is 12.1. The number of halogens is 3. The molecular formula is C11H21F3N2O. The van der Waals surface area contributed by atoms with E-state index < -0.39 is 18.8 Å². The van der Waals surface area contributed by atoms with E-state index in [9.17, 15) is 13.2 Å². The van der Waals surface area contributed by atoms with Crippen molar-refractivity contribution in [1.82, 2.24) is 10.2 Å². The zero-order valence-electron chi connectivity index (χ0n) is 10.3. The lowest BCUT2D eigenvalue weighted by molar-refractivity contribution is -0.202. The SMILES string of the molecule is CN1CCC(C)(CNCC(O)C(F)(F)F)CC1. The summed E-state index contributed by atoms with van der Waals surface area (Å²) in [7, 11) is 2.04. The minimum Gasteiger partial charge on any atom is -0.382 e. The molecule has 2 N–H and O–H groups in total. The molecule has 6 heteroatoms. The third-order valence-electron chi connectivity index (χ3n) is 3.46. The van der Waals surface area contributed by atoms with Crippen LogP contribution in [0.25, 0.3) is 0 Å². The van der Waals surface area contributed by atoms with Crippen LogP contribution in [-0.4, -0.2) is 55.5 Å². The van der Waals surface area contributed by atoms with E-state index in [-0.39, 0.29) is 5.41 Å². The third-order valence-corrected chi connectivity index (χ3v) is 3.46. The first-order valence-corrected chi connectivity index (χ1v) is 5.87. The summed E-state index contributed by atoms with van der Waals surface area (Å²) < 4.78 is 36.2. The molecule has 1 saturated heterocycles. The van der Waals surface area contributed by atoms with E-state index in [0.717, 1.165) is 25.9 Å². The van der Waals surface area contributed by atoms with Gasteiger partial charge in [0, 0.05) is 13.1 Å². The molecule has 0 amide bonds. The molecular weight excluding hydrogens is 233 g/mol. The second-order valence-electron chi connectivity index (χ2n) is 5.30. The second kappa shape index (κ2) is 5.54. The number of aliphatic hydroxyl groups excluding tert-OH is 1. The van der Waals surface area contributed by atoms with E-state index in [1.165, 1.54) is 0 Å². The van der Waals surface area contributed by atoms with Gasteiger partial charge in [0.2, 0.25) is 0 Å². The molecule has 17 heavy (non-hydrogen) atoms. The zero-order valence-corrected chi connectivity index (χ0v) is 10.3. The Bertz CT molecular complexity index is 237. The zero-order chi connectivity index (χ0) is 13.1. The van der Waals surface area contributed by atoms with E-state index in [2.05, 4.69) is 17.1 Å². The van der Waals surface area contributed by atoms with Gasteiger partial charge < -0.3 is 15.3 Å². The van der Waals surface area contributed by atoms with Crippen molar-refractivity contribution in [2.45, 2.75) is 32.0 Å². The van der Waals surface area contributed by atoms with E-state index in [0.29, 0.717) is 6.54 Å². The number of nitrogens with one attached hydrogen (secondary N) is 1. The minimum atomic E-state index is -4.53. The topological polar surface area (TPSA) is 35.5 Å². The first-order chi connectivity index (χ1) is 7.73. The number of rotatable bonds is 4. The van der Waals surface area contributed by atoms with Crippen molar-refractivity contribution in [1.29, 1.82) is 0 Å². The van der Waals surface area contributed by atoms with Crippen LogP contribution in [0.4, 0.5) is 13.2 Å². The Kier molecular flexibility index (Phi) is 4.80. The molecule has 0 aromatic heterocycles. The maximum Gasteiger partial charge on any atom is 0.415 e. The molecule has 0 saturated carbocycles. The van der Waals surface area contributed by atoms with Crippen LogP contribution >= 0.6 is 0 Å². The van der Waals surface area contributed by atoms with Crippen LogP contribution in [0.5, 0.6) is 0 Å². The van der Waals surface area contributed by atoms with Crippen LogP contribution in [-0.2, 0) is 0 Å². The van der Waals surface area contributed by atoms with Crippen LogP contribution in [0.15, 0.2) is 0 Å². The summed E-state index contributed by atoms with van der Waals surface area (Å²) in [4.78, 5) is 2.21. The highest BCUT2D eigenvalue weighted by atomic mass is 19.4. The fraction of sp³-hybridized carbons (Fsp3) is 1.00. The van der Waals surface area contributed by atoms with Crippen molar-refractivity contribution < 1.29 is 18.3 Å². The van der Waals surface area contributed by atoms with Gasteiger partial charge in [0.05, 0.1) is 0 Å². The Morgan fingerprint density at radius 2 is 1.88 bits per heavy atom. The van der Waals surface area contributed by atoms with Gasteiger partial charge >= 0.3 is 6.18 Å². The Balaban J connectivity index is 2.26. The molecule has 0 aromatic rings. The van der Waals surface area contributed by atoms with Crippen molar-refractivity contribution in [3.63, 3.8) is 0 Å². The predicted octanol–water partition coefficient (Wildman–Crippen LogP) is 1.23. The molecule has 1 aliphatic rings. The number of nitrogens with zero attached hydrogens (tertiary/aromatic N) is 1. The molecule has 102 valence electrons. The standard InChI is InChI=1S/C11H21F3N2O/c1-10(3-5-16(2)6-4-10)8-15-7-9(17)11(12,13)14/h9,15,17H,3-8H2,1-2H3. The number of hydrogen-bond donors (Lipinski definition) is 2. The molecule has 0 spiro atoms. The molecule has 0 aromatic carbocycles. The summed E-state index contributed by atoms with van der Waals surface area (Å²) in [5, 5.41) is 11.6. The molecule has 1 rings (SSSR count). The largest absolute Gasteiger partial charge is 0.415 e. The highest BCUT2D eigenvalue weighted by Crippen LogP contribution is 2.29. The average Bonchev–Trinajstić information content (AvgIpc) is 2.21. The van der Waals surface area contributed by atoms with Crippen LogP contribution in [0.1, 0.15) is 19.8 Å². The van der Waals surface area contributed by atoms with Gasteiger partial charge in [0.1, 0.15) is 0 Å². The monoisotopic (exact) mass is 254 g/mol. The maximum atomic E-state index is 12.1.